The molecule has 0 unspecified atom stereocenters. The molecule has 0 radical (unpaired) electrons. The van der Waals surface area contributed by atoms with E-state index in [4.69, 9.17) is 4.74 Å². The summed E-state index contributed by atoms with van der Waals surface area (Å²) >= 11 is 1.20. The molecule has 0 spiro atoms. The van der Waals surface area contributed by atoms with Gasteiger partial charge >= 0.3 is 0 Å². The van der Waals surface area contributed by atoms with Crippen LogP contribution in [0.1, 0.15) is 32.8 Å². The van der Waals surface area contributed by atoms with Crippen molar-refractivity contribution in [2.24, 2.45) is 0 Å². The zero-order valence-electron chi connectivity index (χ0n) is 13.1. The zero-order chi connectivity index (χ0) is 15.8. The van der Waals surface area contributed by atoms with Crippen LogP contribution in [-0.4, -0.2) is 30.1 Å². The van der Waals surface area contributed by atoms with Crippen molar-refractivity contribution < 1.29 is 13.9 Å². The molecule has 0 saturated heterocycles. The van der Waals surface area contributed by atoms with E-state index < -0.39 is 0 Å². The van der Waals surface area contributed by atoms with E-state index in [1.807, 2.05) is 13.0 Å². The lowest BCUT2D eigenvalue weighted by Crippen LogP contribution is -2.33. The van der Waals surface area contributed by atoms with Crippen molar-refractivity contribution in [2.75, 3.05) is 12.8 Å². The molecule has 0 aromatic heterocycles. The highest BCUT2D eigenvalue weighted by atomic mass is 32.2. The summed E-state index contributed by atoms with van der Waals surface area (Å²) in [6.07, 6.45) is 2.65. The standard InChI is InChI=1S/C16H24FNO2S/c1-11(2)18-10-12(3)20-15-8-13(7-14(17)9-15)5-6-16(19)21-4/h7-9,11-12,18H,5-6,10H2,1-4H3/t12-/m1/s1. The minimum Gasteiger partial charge on any atom is -0.489 e. The minimum absolute atomic E-state index is 0.0464. The van der Waals surface area contributed by atoms with E-state index in [1.54, 1.807) is 6.26 Å². The maximum atomic E-state index is 13.6. The maximum Gasteiger partial charge on any atom is 0.189 e. The fourth-order valence-corrected chi connectivity index (χ4v) is 2.16. The van der Waals surface area contributed by atoms with Gasteiger partial charge < -0.3 is 10.1 Å². The average Bonchev–Trinajstić information content (AvgIpc) is 2.42. The van der Waals surface area contributed by atoms with Crippen LogP contribution in [0.25, 0.3) is 0 Å². The van der Waals surface area contributed by atoms with Crippen LogP contribution in [0.3, 0.4) is 0 Å². The number of nitrogens with one attached hydrogen (secondary N) is 1. The summed E-state index contributed by atoms with van der Waals surface area (Å²) in [5, 5.41) is 3.38. The van der Waals surface area contributed by atoms with Crippen LogP contribution in [-0.2, 0) is 11.2 Å². The number of rotatable bonds is 8. The number of carbonyl (C=O) groups excluding carboxylic acids is 1. The second-order valence-electron chi connectivity index (χ2n) is 5.36. The molecule has 0 amide bonds. The molecule has 0 heterocycles. The largest absolute Gasteiger partial charge is 0.489 e. The third-order valence-corrected chi connectivity index (χ3v) is 3.59. The fourth-order valence-electron chi connectivity index (χ4n) is 1.86. The number of thioether (sulfide) groups is 1. The van der Waals surface area contributed by atoms with Crippen LogP contribution in [0, 0.1) is 5.82 Å². The van der Waals surface area contributed by atoms with Crippen LogP contribution in [0.15, 0.2) is 18.2 Å². The molecule has 0 aliphatic heterocycles. The molecule has 0 aliphatic rings. The van der Waals surface area contributed by atoms with Gasteiger partial charge in [-0.2, -0.15) is 0 Å². The Morgan fingerprint density at radius 3 is 2.67 bits per heavy atom. The van der Waals surface area contributed by atoms with E-state index in [2.05, 4.69) is 19.2 Å². The van der Waals surface area contributed by atoms with Crippen molar-refractivity contribution in [3.05, 3.63) is 29.6 Å². The van der Waals surface area contributed by atoms with Crippen LogP contribution < -0.4 is 10.1 Å². The normalized spacial score (nSPS) is 12.5. The molecule has 0 aliphatic carbocycles. The third kappa shape index (κ3) is 7.48. The summed E-state index contributed by atoms with van der Waals surface area (Å²) in [6, 6.07) is 5.03. The van der Waals surface area contributed by atoms with Gasteiger partial charge in [0.15, 0.2) is 5.12 Å². The number of ether oxygens (including phenoxy) is 1. The SMILES string of the molecule is CSC(=O)CCc1cc(F)cc(O[C@H](C)CNC(C)C)c1. The van der Waals surface area contributed by atoms with Crippen LogP contribution >= 0.6 is 11.8 Å². The number of halogens is 1. The highest BCUT2D eigenvalue weighted by molar-refractivity contribution is 8.13. The van der Waals surface area contributed by atoms with Crippen LogP contribution in [0.5, 0.6) is 5.75 Å². The number of benzene rings is 1. The Morgan fingerprint density at radius 2 is 2.05 bits per heavy atom. The van der Waals surface area contributed by atoms with Crippen molar-refractivity contribution in [3.63, 3.8) is 0 Å². The topological polar surface area (TPSA) is 38.3 Å². The Balaban J connectivity index is 2.61. The lowest BCUT2D eigenvalue weighted by atomic mass is 10.1. The van der Waals surface area contributed by atoms with Gasteiger partial charge in [-0.05, 0) is 37.3 Å². The van der Waals surface area contributed by atoms with Gasteiger partial charge in [-0.15, -0.1) is 0 Å². The Bertz CT molecular complexity index is 466. The number of carbonyl (C=O) groups is 1. The molecule has 1 aromatic carbocycles. The van der Waals surface area contributed by atoms with E-state index in [9.17, 15) is 9.18 Å². The molecule has 21 heavy (non-hydrogen) atoms. The van der Waals surface area contributed by atoms with Crippen LogP contribution in [0.2, 0.25) is 0 Å². The number of hydrogen-bond donors (Lipinski definition) is 1. The zero-order valence-corrected chi connectivity index (χ0v) is 13.9. The summed E-state index contributed by atoms with van der Waals surface area (Å²) in [7, 11) is 0. The summed E-state index contributed by atoms with van der Waals surface area (Å²) in [5.74, 6) is 0.183. The molecule has 0 bridgehead atoms. The van der Waals surface area contributed by atoms with E-state index in [-0.39, 0.29) is 17.0 Å². The van der Waals surface area contributed by atoms with E-state index in [0.29, 0.717) is 31.2 Å². The quantitative estimate of drug-likeness (QED) is 0.798. The van der Waals surface area contributed by atoms with E-state index in [1.165, 1.54) is 23.9 Å². The highest BCUT2D eigenvalue weighted by Crippen LogP contribution is 2.19. The average molecular weight is 313 g/mol. The first-order valence-electron chi connectivity index (χ1n) is 7.17. The summed E-state index contributed by atoms with van der Waals surface area (Å²) in [5.41, 5.74) is 0.788. The summed E-state index contributed by atoms with van der Waals surface area (Å²) in [6.45, 7) is 6.78. The second kappa shape index (κ2) is 9.05. The summed E-state index contributed by atoms with van der Waals surface area (Å²) in [4.78, 5) is 11.3. The van der Waals surface area contributed by atoms with Crippen molar-refractivity contribution in [1.29, 1.82) is 0 Å². The molecule has 0 fully saturated rings. The Morgan fingerprint density at radius 1 is 1.33 bits per heavy atom. The molecule has 1 rings (SSSR count). The van der Waals surface area contributed by atoms with Gasteiger partial charge in [0.05, 0.1) is 0 Å². The van der Waals surface area contributed by atoms with Gasteiger partial charge in [0.1, 0.15) is 17.7 Å². The molecule has 5 heteroatoms. The number of hydrogen-bond acceptors (Lipinski definition) is 4. The van der Waals surface area contributed by atoms with Crippen molar-refractivity contribution >= 4 is 16.9 Å². The third-order valence-electron chi connectivity index (χ3n) is 2.93. The molecule has 3 nitrogen and oxygen atoms in total. The monoisotopic (exact) mass is 313 g/mol. The first-order valence-corrected chi connectivity index (χ1v) is 8.39. The van der Waals surface area contributed by atoms with Crippen LogP contribution in [0.4, 0.5) is 4.39 Å². The lowest BCUT2D eigenvalue weighted by molar-refractivity contribution is -0.110. The molecular formula is C16H24FNO2S. The Hall–Kier alpha value is -1.07. The van der Waals surface area contributed by atoms with Crippen molar-refractivity contribution in [1.82, 2.24) is 5.32 Å². The van der Waals surface area contributed by atoms with Crippen molar-refractivity contribution in [2.45, 2.75) is 45.8 Å². The fraction of sp³-hybridized carbons (Fsp3) is 0.562. The number of aryl methyl sites for hydroxylation is 1. The van der Waals surface area contributed by atoms with Gasteiger partial charge in [-0.1, -0.05) is 25.6 Å². The molecule has 1 N–H and O–H groups in total. The second-order valence-corrected chi connectivity index (χ2v) is 6.23. The van der Waals surface area contributed by atoms with Gasteiger partial charge in [0.2, 0.25) is 0 Å². The first kappa shape index (κ1) is 18.0. The molecular weight excluding hydrogens is 289 g/mol. The van der Waals surface area contributed by atoms with Gasteiger partial charge in [-0.3, -0.25) is 4.79 Å². The van der Waals surface area contributed by atoms with Gasteiger partial charge in [-0.25, -0.2) is 4.39 Å². The Kier molecular flexibility index (Phi) is 7.75. The van der Waals surface area contributed by atoms with Gasteiger partial charge in [0, 0.05) is 25.1 Å². The Labute approximate surface area is 130 Å². The summed E-state index contributed by atoms with van der Waals surface area (Å²) < 4.78 is 19.3. The highest BCUT2D eigenvalue weighted by Gasteiger charge is 2.08. The van der Waals surface area contributed by atoms with Gasteiger partial charge in [0.25, 0.3) is 0 Å². The molecule has 1 atom stereocenters. The lowest BCUT2D eigenvalue weighted by Gasteiger charge is -2.17. The smallest absolute Gasteiger partial charge is 0.189 e. The predicted octanol–water partition coefficient (Wildman–Crippen LogP) is 3.41. The molecule has 1 aromatic rings. The maximum absolute atomic E-state index is 13.6. The molecule has 118 valence electrons. The van der Waals surface area contributed by atoms with E-state index in [0.717, 1.165) is 5.56 Å². The molecule has 0 saturated carbocycles. The minimum atomic E-state index is -0.330. The van der Waals surface area contributed by atoms with Crippen molar-refractivity contribution in [3.8, 4) is 5.75 Å². The predicted molar refractivity (Wildman–Crippen MR) is 86.5 cm³/mol. The first-order chi connectivity index (χ1) is 9.90. The van der Waals surface area contributed by atoms with E-state index >= 15 is 0 Å².